The molecule has 0 saturated carbocycles. The molecule has 7 heteroatoms. The topological polar surface area (TPSA) is 83.6 Å². The first-order valence-electron chi connectivity index (χ1n) is 9.12. The molecule has 27 heavy (non-hydrogen) atoms. The van der Waals surface area contributed by atoms with Gasteiger partial charge in [0.15, 0.2) is 11.0 Å². The Balaban J connectivity index is 2.22. The number of aryl methyl sites for hydroxylation is 1. The van der Waals surface area contributed by atoms with E-state index in [-0.39, 0.29) is 11.8 Å². The predicted octanol–water partition coefficient (Wildman–Crippen LogP) is 3.81. The largest absolute Gasteiger partial charge is 0.337 e. The Kier molecular flexibility index (Phi) is 6.66. The molecule has 0 spiro atoms. The van der Waals surface area contributed by atoms with Gasteiger partial charge in [-0.15, -0.1) is 10.2 Å². The summed E-state index contributed by atoms with van der Waals surface area (Å²) in [5.41, 5.74) is 1.27. The maximum atomic E-state index is 12.6. The van der Waals surface area contributed by atoms with Crippen LogP contribution in [0, 0.1) is 24.2 Å². The molecule has 1 N–H and O–H groups in total. The molecule has 1 heterocycles. The number of nitrogens with zero attached hydrogens (tertiary/aromatic N) is 4. The second kappa shape index (κ2) is 8.57. The third-order valence-electron chi connectivity index (χ3n) is 4.84. The molecule has 2 rings (SSSR count). The van der Waals surface area contributed by atoms with Crippen LogP contribution in [-0.4, -0.2) is 31.5 Å². The summed E-state index contributed by atoms with van der Waals surface area (Å²) in [6, 6.07) is 10.3. The van der Waals surface area contributed by atoms with Gasteiger partial charge in [0.1, 0.15) is 5.54 Å². The molecule has 1 aromatic carbocycles. The molecule has 1 aromatic heterocycles. The van der Waals surface area contributed by atoms with Crippen molar-refractivity contribution < 1.29 is 4.79 Å². The van der Waals surface area contributed by atoms with E-state index in [0.29, 0.717) is 11.7 Å². The van der Waals surface area contributed by atoms with E-state index in [9.17, 15) is 10.1 Å². The van der Waals surface area contributed by atoms with E-state index in [1.165, 1.54) is 11.8 Å². The van der Waals surface area contributed by atoms with Gasteiger partial charge in [-0.2, -0.15) is 5.26 Å². The highest BCUT2D eigenvalue weighted by Crippen LogP contribution is 2.29. The van der Waals surface area contributed by atoms with E-state index in [1.807, 2.05) is 63.5 Å². The van der Waals surface area contributed by atoms with Crippen molar-refractivity contribution in [1.29, 1.82) is 5.26 Å². The molecule has 0 aliphatic carbocycles. The minimum absolute atomic E-state index is 0.00982. The van der Waals surface area contributed by atoms with E-state index in [0.717, 1.165) is 17.0 Å². The number of hydrogen-bond acceptors (Lipinski definition) is 5. The molecular formula is C20H27N5OS. The summed E-state index contributed by atoms with van der Waals surface area (Å²) in [6.45, 7) is 12.2. The molecule has 144 valence electrons. The quantitative estimate of drug-likeness (QED) is 0.733. The Morgan fingerprint density at radius 3 is 2.56 bits per heavy atom. The van der Waals surface area contributed by atoms with Gasteiger partial charge < -0.3 is 9.88 Å². The molecule has 0 unspecified atom stereocenters. The average Bonchev–Trinajstić information content (AvgIpc) is 3.03. The molecule has 0 saturated heterocycles. The lowest BCUT2D eigenvalue weighted by molar-refractivity contribution is -0.121. The maximum Gasteiger partial charge on any atom is 0.234 e. The number of carbonyl (C=O) groups is 1. The molecule has 2 aromatic rings. The van der Waals surface area contributed by atoms with Crippen LogP contribution in [0.5, 0.6) is 0 Å². The van der Waals surface area contributed by atoms with Crippen LogP contribution in [0.25, 0.3) is 11.4 Å². The minimum atomic E-state index is -0.892. The fraction of sp³-hybridized carbons (Fsp3) is 0.500. The number of nitrogens with one attached hydrogen (secondary N) is 1. The molecule has 1 amide bonds. The number of nitriles is 1. The molecule has 6 nitrogen and oxygen atoms in total. The summed E-state index contributed by atoms with van der Waals surface area (Å²) in [4.78, 5) is 12.6. The Hall–Kier alpha value is -2.33. The molecule has 0 radical (unpaired) electrons. The molecule has 0 bridgehead atoms. The van der Waals surface area contributed by atoms with Crippen LogP contribution in [0.3, 0.4) is 0 Å². The van der Waals surface area contributed by atoms with E-state index >= 15 is 0 Å². The number of hydrogen-bond donors (Lipinski definition) is 1. The van der Waals surface area contributed by atoms with E-state index in [1.54, 1.807) is 6.92 Å². The van der Waals surface area contributed by atoms with Crippen molar-refractivity contribution in [2.75, 3.05) is 0 Å². The van der Waals surface area contributed by atoms with Crippen LogP contribution in [0.4, 0.5) is 0 Å². The fourth-order valence-electron chi connectivity index (χ4n) is 2.55. The van der Waals surface area contributed by atoms with Crippen molar-refractivity contribution in [3.63, 3.8) is 0 Å². The molecule has 2 atom stereocenters. The summed E-state index contributed by atoms with van der Waals surface area (Å²) in [6.07, 6.45) is 0. The summed E-state index contributed by atoms with van der Waals surface area (Å²) >= 11 is 1.36. The lowest BCUT2D eigenvalue weighted by Gasteiger charge is -2.28. The van der Waals surface area contributed by atoms with Crippen LogP contribution in [0.1, 0.15) is 40.2 Å². The van der Waals surface area contributed by atoms with Crippen molar-refractivity contribution in [1.82, 2.24) is 20.1 Å². The minimum Gasteiger partial charge on any atom is -0.337 e. The second-order valence-electron chi connectivity index (χ2n) is 7.08. The Morgan fingerprint density at radius 1 is 1.33 bits per heavy atom. The third-order valence-corrected chi connectivity index (χ3v) is 5.92. The van der Waals surface area contributed by atoms with Crippen molar-refractivity contribution in [2.45, 2.75) is 64.0 Å². The van der Waals surface area contributed by atoms with Crippen LogP contribution in [0.15, 0.2) is 29.4 Å². The number of benzene rings is 1. The van der Waals surface area contributed by atoms with Crippen molar-refractivity contribution in [3.8, 4) is 17.5 Å². The summed E-state index contributed by atoms with van der Waals surface area (Å²) < 4.78 is 2.02. The van der Waals surface area contributed by atoms with Crippen LogP contribution in [-0.2, 0) is 11.3 Å². The zero-order valence-electron chi connectivity index (χ0n) is 16.8. The van der Waals surface area contributed by atoms with Gasteiger partial charge in [-0.1, -0.05) is 49.9 Å². The first-order valence-corrected chi connectivity index (χ1v) is 10.0. The SMILES string of the molecule is CCn1c(S[C@H](C)C(=O)N[C@](C)(C#N)C(C)C)nnc1-c1ccccc1C. The zero-order chi connectivity index (χ0) is 20.2. The third kappa shape index (κ3) is 4.51. The van der Waals surface area contributed by atoms with E-state index in [2.05, 4.69) is 21.6 Å². The summed E-state index contributed by atoms with van der Waals surface area (Å²) in [5.74, 6) is 0.631. The van der Waals surface area contributed by atoms with Crippen LogP contribution < -0.4 is 5.32 Å². The number of carbonyl (C=O) groups excluding carboxylic acids is 1. The van der Waals surface area contributed by atoms with Gasteiger partial charge in [-0.25, -0.2) is 0 Å². The molecule has 0 fully saturated rings. The van der Waals surface area contributed by atoms with Crippen LogP contribution in [0.2, 0.25) is 0 Å². The monoisotopic (exact) mass is 385 g/mol. The van der Waals surface area contributed by atoms with Gasteiger partial charge in [-0.05, 0) is 39.2 Å². The Bertz CT molecular complexity index is 854. The highest BCUT2D eigenvalue weighted by atomic mass is 32.2. The second-order valence-corrected chi connectivity index (χ2v) is 8.39. The van der Waals surface area contributed by atoms with Crippen molar-refractivity contribution in [2.24, 2.45) is 5.92 Å². The van der Waals surface area contributed by atoms with Gasteiger partial charge in [0.2, 0.25) is 5.91 Å². The van der Waals surface area contributed by atoms with E-state index in [4.69, 9.17) is 0 Å². The molecule has 0 aliphatic heterocycles. The fourth-order valence-corrected chi connectivity index (χ4v) is 3.47. The smallest absolute Gasteiger partial charge is 0.234 e. The molecular weight excluding hydrogens is 358 g/mol. The van der Waals surface area contributed by atoms with Gasteiger partial charge in [-0.3, -0.25) is 4.79 Å². The first-order chi connectivity index (χ1) is 12.7. The van der Waals surface area contributed by atoms with Gasteiger partial charge >= 0.3 is 0 Å². The van der Waals surface area contributed by atoms with Crippen LogP contribution >= 0.6 is 11.8 Å². The summed E-state index contributed by atoms with van der Waals surface area (Å²) in [5, 5.41) is 21.3. The van der Waals surface area contributed by atoms with Crippen molar-refractivity contribution in [3.05, 3.63) is 29.8 Å². The highest BCUT2D eigenvalue weighted by molar-refractivity contribution is 8.00. The average molecular weight is 386 g/mol. The highest BCUT2D eigenvalue weighted by Gasteiger charge is 2.32. The van der Waals surface area contributed by atoms with Gasteiger partial charge in [0.25, 0.3) is 0 Å². The Labute approximate surface area is 165 Å². The summed E-state index contributed by atoms with van der Waals surface area (Å²) in [7, 11) is 0. The number of aromatic nitrogens is 3. The number of thioether (sulfide) groups is 1. The number of rotatable bonds is 7. The lowest BCUT2D eigenvalue weighted by atomic mass is 9.90. The number of amides is 1. The standard InChI is InChI=1S/C20H27N5OS/c1-7-25-17(16-11-9-8-10-14(16)4)23-24-19(25)27-15(5)18(26)22-20(6,12-21)13(2)3/h8-11,13,15H,7H2,1-6H3,(H,22,26)/t15-,20-/m1/s1. The van der Waals surface area contributed by atoms with E-state index < -0.39 is 10.8 Å². The Morgan fingerprint density at radius 2 is 2.00 bits per heavy atom. The zero-order valence-corrected chi connectivity index (χ0v) is 17.6. The van der Waals surface area contributed by atoms with Gasteiger partial charge in [0.05, 0.1) is 11.3 Å². The lowest BCUT2D eigenvalue weighted by Crippen LogP contribution is -2.51. The normalized spacial score (nSPS) is 14.4. The van der Waals surface area contributed by atoms with Gasteiger partial charge in [0, 0.05) is 12.1 Å². The maximum absolute atomic E-state index is 12.6. The van der Waals surface area contributed by atoms with Crippen molar-refractivity contribution >= 4 is 17.7 Å². The molecule has 0 aliphatic rings. The first kappa shape index (κ1) is 21.0. The predicted molar refractivity (Wildman–Crippen MR) is 108 cm³/mol.